The molecule has 132 valence electrons. The summed E-state index contributed by atoms with van der Waals surface area (Å²) in [4.78, 5) is 2.26. The minimum atomic E-state index is -4.35. The van der Waals surface area contributed by atoms with Crippen LogP contribution >= 0.6 is 11.6 Å². The lowest BCUT2D eigenvalue weighted by molar-refractivity contribution is -0.138. The van der Waals surface area contributed by atoms with E-state index in [-0.39, 0.29) is 17.9 Å². The summed E-state index contributed by atoms with van der Waals surface area (Å²) in [7, 11) is 2.06. The molecule has 0 spiro atoms. The molecule has 2 aromatic carbocycles. The third kappa shape index (κ3) is 2.76. The zero-order valence-corrected chi connectivity index (χ0v) is 14.6. The van der Waals surface area contributed by atoms with Gasteiger partial charge in [0.2, 0.25) is 0 Å². The molecule has 4 rings (SSSR count). The minimum Gasteiger partial charge on any atom is -0.299 e. The highest BCUT2D eigenvalue weighted by atomic mass is 35.5. The number of piperidine rings is 1. The number of hydrogen-bond donors (Lipinski definition) is 0. The molecule has 0 aromatic heterocycles. The fourth-order valence-electron chi connectivity index (χ4n) is 4.76. The van der Waals surface area contributed by atoms with Crippen LogP contribution in [0, 0.1) is 5.92 Å². The van der Waals surface area contributed by atoms with Crippen LogP contribution in [0.4, 0.5) is 13.2 Å². The van der Waals surface area contributed by atoms with E-state index in [0.29, 0.717) is 10.6 Å². The maximum absolute atomic E-state index is 13.6. The van der Waals surface area contributed by atoms with Crippen molar-refractivity contribution in [2.45, 2.75) is 31.0 Å². The number of halogens is 4. The molecule has 1 nitrogen and oxygen atoms in total. The van der Waals surface area contributed by atoms with Gasteiger partial charge in [0, 0.05) is 17.0 Å². The van der Waals surface area contributed by atoms with Gasteiger partial charge in [0.05, 0.1) is 5.56 Å². The van der Waals surface area contributed by atoms with Gasteiger partial charge in [0.1, 0.15) is 0 Å². The maximum atomic E-state index is 13.6. The van der Waals surface area contributed by atoms with E-state index in [9.17, 15) is 13.2 Å². The number of alkyl halides is 3. The highest BCUT2D eigenvalue weighted by molar-refractivity contribution is 6.30. The maximum Gasteiger partial charge on any atom is 0.416 e. The van der Waals surface area contributed by atoms with E-state index in [1.54, 1.807) is 18.2 Å². The van der Waals surface area contributed by atoms with Crippen molar-refractivity contribution in [2.75, 3.05) is 13.6 Å². The molecule has 2 aliphatic rings. The highest BCUT2D eigenvalue weighted by Crippen LogP contribution is 2.56. The van der Waals surface area contributed by atoms with Gasteiger partial charge in [-0.15, -0.1) is 0 Å². The van der Waals surface area contributed by atoms with Crippen LogP contribution in [0.1, 0.15) is 47.1 Å². The van der Waals surface area contributed by atoms with E-state index in [1.807, 2.05) is 12.1 Å². The van der Waals surface area contributed by atoms with Crippen molar-refractivity contribution < 1.29 is 13.2 Å². The van der Waals surface area contributed by atoms with Gasteiger partial charge in [0.15, 0.2) is 0 Å². The fraction of sp³-hybridized carbons (Fsp3) is 0.400. The zero-order valence-electron chi connectivity index (χ0n) is 13.9. The second-order valence-electron chi connectivity index (χ2n) is 7.07. The van der Waals surface area contributed by atoms with Gasteiger partial charge in [0.25, 0.3) is 0 Å². The lowest BCUT2D eigenvalue weighted by Crippen LogP contribution is -2.35. The first kappa shape index (κ1) is 16.9. The Morgan fingerprint density at radius 1 is 1.04 bits per heavy atom. The quantitative estimate of drug-likeness (QED) is 0.609. The van der Waals surface area contributed by atoms with Crippen molar-refractivity contribution in [3.63, 3.8) is 0 Å². The second-order valence-corrected chi connectivity index (χ2v) is 7.50. The van der Waals surface area contributed by atoms with Crippen LogP contribution in [-0.2, 0) is 6.18 Å². The van der Waals surface area contributed by atoms with E-state index >= 15 is 0 Å². The molecule has 0 bridgehead atoms. The third-order valence-electron chi connectivity index (χ3n) is 5.66. The molecule has 3 atom stereocenters. The lowest BCUT2D eigenvalue weighted by Gasteiger charge is -2.38. The molecule has 3 unspecified atom stereocenters. The van der Waals surface area contributed by atoms with Crippen molar-refractivity contribution in [2.24, 2.45) is 5.92 Å². The number of hydrogen-bond acceptors (Lipinski definition) is 1. The van der Waals surface area contributed by atoms with Gasteiger partial charge in [-0.2, -0.15) is 13.2 Å². The van der Waals surface area contributed by atoms with Crippen molar-refractivity contribution >= 4 is 11.6 Å². The molecule has 0 saturated carbocycles. The average molecular weight is 366 g/mol. The topological polar surface area (TPSA) is 3.24 Å². The largest absolute Gasteiger partial charge is 0.416 e. The summed E-state index contributed by atoms with van der Waals surface area (Å²) in [6, 6.07) is 11.8. The van der Waals surface area contributed by atoms with Gasteiger partial charge >= 0.3 is 6.18 Å². The molecule has 1 aliphatic carbocycles. The molecular formula is C20H19ClF3N. The summed E-state index contributed by atoms with van der Waals surface area (Å²) < 4.78 is 40.8. The standard InChI is InChI=1S/C20H19ClF3N/c1-25-10-4-6-15-18(13-9-8-12(21)11-16(13)19(15)25)14-5-2-3-7-17(14)20(22,23)24/h2-3,5,7-9,11,15,18-19H,4,6,10H2,1H3. The Hall–Kier alpha value is -1.52. The molecule has 0 amide bonds. The molecule has 2 aromatic rings. The van der Waals surface area contributed by atoms with Crippen molar-refractivity contribution in [3.05, 3.63) is 69.7 Å². The van der Waals surface area contributed by atoms with E-state index in [0.717, 1.165) is 30.5 Å². The second kappa shape index (κ2) is 6.03. The smallest absolute Gasteiger partial charge is 0.299 e. The van der Waals surface area contributed by atoms with Gasteiger partial charge in [-0.05, 0) is 67.2 Å². The molecule has 1 fully saturated rings. The Kier molecular flexibility index (Phi) is 4.08. The molecule has 1 saturated heterocycles. The normalized spacial score (nSPS) is 26.4. The monoisotopic (exact) mass is 365 g/mol. The van der Waals surface area contributed by atoms with Crippen LogP contribution in [0.5, 0.6) is 0 Å². The van der Waals surface area contributed by atoms with Crippen LogP contribution < -0.4 is 0 Å². The molecule has 25 heavy (non-hydrogen) atoms. The summed E-state index contributed by atoms with van der Waals surface area (Å²) in [5, 5.41) is 0.640. The first-order chi connectivity index (χ1) is 11.9. The number of rotatable bonds is 1. The van der Waals surface area contributed by atoms with E-state index in [4.69, 9.17) is 11.6 Å². The number of fused-ring (bicyclic) bond motifs is 3. The molecule has 1 heterocycles. The summed E-state index contributed by atoms with van der Waals surface area (Å²) >= 11 is 6.20. The first-order valence-electron chi connectivity index (χ1n) is 8.53. The Bertz CT molecular complexity index is 802. The van der Waals surface area contributed by atoms with Gasteiger partial charge in [-0.1, -0.05) is 35.9 Å². The third-order valence-corrected chi connectivity index (χ3v) is 5.90. The SMILES string of the molecule is CN1CCCC2C(c3ccccc3C(F)(F)F)c3ccc(Cl)cc3C21. The molecule has 0 N–H and O–H groups in total. The summed E-state index contributed by atoms with van der Waals surface area (Å²) in [5.74, 6) is -0.0893. The average Bonchev–Trinajstić information content (AvgIpc) is 2.88. The predicted molar refractivity (Wildman–Crippen MR) is 92.8 cm³/mol. The lowest BCUT2D eigenvalue weighted by atomic mass is 9.78. The Morgan fingerprint density at radius 2 is 1.80 bits per heavy atom. The van der Waals surface area contributed by atoms with Crippen LogP contribution in [0.15, 0.2) is 42.5 Å². The highest BCUT2D eigenvalue weighted by Gasteiger charge is 2.47. The van der Waals surface area contributed by atoms with E-state index < -0.39 is 11.7 Å². The number of benzene rings is 2. The number of likely N-dealkylation sites (tertiary alicyclic amines) is 1. The van der Waals surface area contributed by atoms with Crippen molar-refractivity contribution in [1.29, 1.82) is 0 Å². The fourth-order valence-corrected chi connectivity index (χ4v) is 4.94. The Balaban J connectivity index is 1.91. The van der Waals surface area contributed by atoms with Crippen molar-refractivity contribution in [3.8, 4) is 0 Å². The van der Waals surface area contributed by atoms with Crippen LogP contribution in [0.3, 0.4) is 0 Å². The Labute approximate surface area is 150 Å². The first-order valence-corrected chi connectivity index (χ1v) is 8.91. The van der Waals surface area contributed by atoms with E-state index in [2.05, 4.69) is 11.9 Å². The summed E-state index contributed by atoms with van der Waals surface area (Å²) in [6.45, 7) is 0.959. The minimum absolute atomic E-state index is 0.133. The van der Waals surface area contributed by atoms with Crippen LogP contribution in [0.25, 0.3) is 0 Å². The van der Waals surface area contributed by atoms with Gasteiger partial charge < -0.3 is 0 Å². The molecule has 0 radical (unpaired) electrons. The van der Waals surface area contributed by atoms with Gasteiger partial charge in [-0.25, -0.2) is 0 Å². The Morgan fingerprint density at radius 3 is 2.56 bits per heavy atom. The summed E-state index contributed by atoms with van der Waals surface area (Å²) in [5.41, 5.74) is 1.95. The molecule has 5 heteroatoms. The van der Waals surface area contributed by atoms with Crippen molar-refractivity contribution in [1.82, 2.24) is 4.90 Å². The number of nitrogens with zero attached hydrogens (tertiary/aromatic N) is 1. The molecule has 1 aliphatic heterocycles. The van der Waals surface area contributed by atoms with E-state index in [1.165, 1.54) is 12.1 Å². The van der Waals surface area contributed by atoms with Crippen LogP contribution in [-0.4, -0.2) is 18.5 Å². The van der Waals surface area contributed by atoms with Crippen LogP contribution in [0.2, 0.25) is 5.02 Å². The van der Waals surface area contributed by atoms with Gasteiger partial charge in [-0.3, -0.25) is 4.90 Å². The molecular weight excluding hydrogens is 347 g/mol. The zero-order chi connectivity index (χ0) is 17.8. The predicted octanol–water partition coefficient (Wildman–Crippen LogP) is 5.89. The summed E-state index contributed by atoms with van der Waals surface area (Å²) in [6.07, 6.45) is -2.41.